The average Bonchev–Trinajstić information content (AvgIpc) is 2.72. The minimum atomic E-state index is 0.761. The molecular formula is C10H13N3S. The van der Waals surface area contributed by atoms with Crippen molar-refractivity contribution in [3.63, 3.8) is 0 Å². The van der Waals surface area contributed by atoms with Crippen molar-refractivity contribution in [1.82, 2.24) is 9.78 Å². The second-order valence-electron chi connectivity index (χ2n) is 3.22. The zero-order chi connectivity index (χ0) is 10.1. The molecule has 0 aromatic carbocycles. The van der Waals surface area contributed by atoms with Gasteiger partial charge in [-0.2, -0.15) is 5.10 Å². The minimum Gasteiger partial charge on any atom is -0.396 e. The number of aryl methyl sites for hydroxylation is 2. The van der Waals surface area contributed by atoms with Gasteiger partial charge >= 0.3 is 0 Å². The first-order valence-electron chi connectivity index (χ1n) is 4.59. The number of anilines is 1. The molecule has 2 heterocycles. The third kappa shape index (κ3) is 1.42. The monoisotopic (exact) mass is 207 g/mol. The Kier molecular flexibility index (Phi) is 2.29. The molecule has 3 nitrogen and oxygen atoms in total. The first kappa shape index (κ1) is 9.27. The molecule has 74 valence electrons. The fourth-order valence-electron chi connectivity index (χ4n) is 1.39. The van der Waals surface area contributed by atoms with Crippen LogP contribution in [-0.4, -0.2) is 9.78 Å². The molecule has 0 fully saturated rings. The summed E-state index contributed by atoms with van der Waals surface area (Å²) in [6.45, 7) is 4.99. The van der Waals surface area contributed by atoms with Gasteiger partial charge in [-0.3, -0.25) is 4.68 Å². The number of aromatic nitrogens is 2. The second-order valence-corrected chi connectivity index (χ2v) is 4.14. The summed E-state index contributed by atoms with van der Waals surface area (Å²) in [5.41, 5.74) is 8.82. The zero-order valence-corrected chi connectivity index (χ0v) is 9.14. The number of thiophene rings is 1. The Morgan fingerprint density at radius 2 is 2.36 bits per heavy atom. The lowest BCUT2D eigenvalue weighted by atomic mass is 10.2. The summed E-state index contributed by atoms with van der Waals surface area (Å²) in [5, 5.41) is 6.50. The fourth-order valence-corrected chi connectivity index (χ4v) is 2.32. The molecule has 0 unspecified atom stereocenters. The van der Waals surface area contributed by atoms with Gasteiger partial charge in [-0.25, -0.2) is 0 Å². The molecule has 0 atom stereocenters. The quantitative estimate of drug-likeness (QED) is 0.822. The van der Waals surface area contributed by atoms with Crippen LogP contribution in [0.3, 0.4) is 0 Å². The molecule has 0 radical (unpaired) electrons. The number of rotatable bonds is 2. The van der Waals surface area contributed by atoms with E-state index >= 15 is 0 Å². The topological polar surface area (TPSA) is 43.8 Å². The molecule has 14 heavy (non-hydrogen) atoms. The van der Waals surface area contributed by atoms with Crippen LogP contribution in [0.15, 0.2) is 17.6 Å². The van der Waals surface area contributed by atoms with Crippen molar-refractivity contribution in [2.45, 2.75) is 20.4 Å². The molecular weight excluding hydrogens is 194 g/mol. The standard InChI is InChI=1S/C10H13N3S/c1-3-13-6-8(11)9(12-13)10-7(2)4-5-14-10/h4-6H,3,11H2,1-2H3. The maximum Gasteiger partial charge on any atom is 0.125 e. The van der Waals surface area contributed by atoms with Crippen molar-refractivity contribution in [2.24, 2.45) is 0 Å². The molecule has 0 spiro atoms. The summed E-state index contributed by atoms with van der Waals surface area (Å²) in [4.78, 5) is 1.18. The van der Waals surface area contributed by atoms with Crippen LogP contribution in [0.1, 0.15) is 12.5 Å². The smallest absolute Gasteiger partial charge is 0.125 e. The van der Waals surface area contributed by atoms with E-state index in [1.54, 1.807) is 11.3 Å². The Morgan fingerprint density at radius 1 is 1.57 bits per heavy atom. The van der Waals surface area contributed by atoms with Crippen LogP contribution in [0, 0.1) is 6.92 Å². The van der Waals surface area contributed by atoms with Gasteiger partial charge in [0.1, 0.15) is 5.69 Å². The molecule has 2 rings (SSSR count). The van der Waals surface area contributed by atoms with E-state index < -0.39 is 0 Å². The highest BCUT2D eigenvalue weighted by atomic mass is 32.1. The van der Waals surface area contributed by atoms with Gasteiger partial charge in [-0.1, -0.05) is 0 Å². The van der Waals surface area contributed by atoms with Gasteiger partial charge < -0.3 is 5.73 Å². The highest BCUT2D eigenvalue weighted by Gasteiger charge is 2.11. The normalized spacial score (nSPS) is 10.7. The number of hydrogen-bond acceptors (Lipinski definition) is 3. The first-order valence-corrected chi connectivity index (χ1v) is 5.47. The molecule has 0 aliphatic rings. The first-order chi connectivity index (χ1) is 6.72. The van der Waals surface area contributed by atoms with E-state index in [9.17, 15) is 0 Å². The lowest BCUT2D eigenvalue weighted by Crippen LogP contribution is -1.93. The van der Waals surface area contributed by atoms with Crippen LogP contribution in [0.25, 0.3) is 10.6 Å². The number of hydrogen-bond donors (Lipinski definition) is 1. The molecule has 0 bridgehead atoms. The number of nitrogens with zero attached hydrogens (tertiary/aromatic N) is 2. The third-order valence-electron chi connectivity index (χ3n) is 2.19. The highest BCUT2D eigenvalue weighted by Crippen LogP contribution is 2.31. The average molecular weight is 207 g/mol. The molecule has 0 aliphatic heterocycles. The van der Waals surface area contributed by atoms with Gasteiger partial charge in [0, 0.05) is 12.7 Å². The van der Waals surface area contributed by atoms with Crippen LogP contribution in [0.5, 0.6) is 0 Å². The third-order valence-corrected chi connectivity index (χ3v) is 3.21. The van der Waals surface area contributed by atoms with E-state index in [0.29, 0.717) is 0 Å². The molecule has 0 saturated carbocycles. The van der Waals surface area contributed by atoms with Crippen molar-refractivity contribution in [3.8, 4) is 10.6 Å². The summed E-state index contributed by atoms with van der Waals surface area (Å²) >= 11 is 1.68. The van der Waals surface area contributed by atoms with Crippen LogP contribution in [0.2, 0.25) is 0 Å². The molecule has 0 saturated heterocycles. The summed E-state index contributed by atoms with van der Waals surface area (Å²) in [6.07, 6.45) is 1.88. The van der Waals surface area contributed by atoms with E-state index in [0.717, 1.165) is 17.9 Å². The van der Waals surface area contributed by atoms with Gasteiger partial charge in [0.15, 0.2) is 0 Å². The van der Waals surface area contributed by atoms with Crippen molar-refractivity contribution < 1.29 is 0 Å². The Hall–Kier alpha value is -1.29. The number of nitrogens with two attached hydrogens (primary N) is 1. The molecule has 2 aromatic rings. The predicted octanol–water partition coefficient (Wildman–Crippen LogP) is 2.52. The summed E-state index contributed by atoms with van der Waals surface area (Å²) in [7, 11) is 0. The van der Waals surface area contributed by atoms with Gasteiger partial charge in [-0.15, -0.1) is 11.3 Å². The second kappa shape index (κ2) is 3.46. The largest absolute Gasteiger partial charge is 0.396 e. The molecule has 0 amide bonds. The Bertz CT molecular complexity index is 442. The van der Waals surface area contributed by atoms with Gasteiger partial charge in [0.25, 0.3) is 0 Å². The summed E-state index contributed by atoms with van der Waals surface area (Å²) in [5.74, 6) is 0. The van der Waals surface area contributed by atoms with Crippen LogP contribution < -0.4 is 5.73 Å². The Morgan fingerprint density at radius 3 is 2.86 bits per heavy atom. The maximum absolute atomic E-state index is 5.90. The molecule has 0 aliphatic carbocycles. The zero-order valence-electron chi connectivity index (χ0n) is 8.32. The SMILES string of the molecule is CCn1cc(N)c(-c2sccc2C)n1. The van der Waals surface area contributed by atoms with Crippen molar-refractivity contribution in [3.05, 3.63) is 23.2 Å². The number of nitrogen functional groups attached to an aromatic ring is 1. The summed E-state index contributed by atoms with van der Waals surface area (Å²) in [6, 6.07) is 2.09. The Labute approximate surface area is 87.2 Å². The van der Waals surface area contributed by atoms with E-state index in [2.05, 4.69) is 30.4 Å². The summed E-state index contributed by atoms with van der Waals surface area (Å²) < 4.78 is 1.86. The van der Waals surface area contributed by atoms with Gasteiger partial charge in [-0.05, 0) is 30.9 Å². The Balaban J connectivity index is 2.51. The van der Waals surface area contributed by atoms with Gasteiger partial charge in [0.05, 0.1) is 10.6 Å². The van der Waals surface area contributed by atoms with E-state index in [1.165, 1.54) is 10.4 Å². The van der Waals surface area contributed by atoms with E-state index in [1.807, 2.05) is 10.9 Å². The lowest BCUT2D eigenvalue weighted by molar-refractivity contribution is 0.662. The van der Waals surface area contributed by atoms with Crippen molar-refractivity contribution in [2.75, 3.05) is 5.73 Å². The molecule has 2 N–H and O–H groups in total. The van der Waals surface area contributed by atoms with Crippen molar-refractivity contribution >= 4 is 17.0 Å². The fraction of sp³-hybridized carbons (Fsp3) is 0.300. The van der Waals surface area contributed by atoms with E-state index in [-0.39, 0.29) is 0 Å². The van der Waals surface area contributed by atoms with Crippen LogP contribution in [-0.2, 0) is 6.54 Å². The van der Waals surface area contributed by atoms with Crippen LogP contribution >= 0.6 is 11.3 Å². The van der Waals surface area contributed by atoms with Crippen LogP contribution in [0.4, 0.5) is 5.69 Å². The van der Waals surface area contributed by atoms with Crippen molar-refractivity contribution in [1.29, 1.82) is 0 Å². The molecule has 2 aromatic heterocycles. The minimum absolute atomic E-state index is 0.761. The lowest BCUT2D eigenvalue weighted by Gasteiger charge is -1.95. The molecule has 4 heteroatoms. The highest BCUT2D eigenvalue weighted by molar-refractivity contribution is 7.13. The van der Waals surface area contributed by atoms with E-state index in [4.69, 9.17) is 5.73 Å². The predicted molar refractivity (Wildman–Crippen MR) is 60.4 cm³/mol. The maximum atomic E-state index is 5.90. The van der Waals surface area contributed by atoms with Gasteiger partial charge in [0.2, 0.25) is 0 Å².